The Kier molecular flexibility index (Phi) is 7.65. The van der Waals surface area contributed by atoms with Crippen LogP contribution in [-0.2, 0) is 14.5 Å². The summed E-state index contributed by atoms with van der Waals surface area (Å²) >= 11 is 7.24. The van der Waals surface area contributed by atoms with Crippen LogP contribution in [0.5, 0.6) is 0 Å². The largest absolute Gasteiger partial charge is 0.393 e. The first kappa shape index (κ1) is 24.7. The Morgan fingerprint density at radius 1 is 1.50 bits per heavy atom. The van der Waals surface area contributed by atoms with Gasteiger partial charge in [-0.15, -0.1) is 11.3 Å². The highest BCUT2D eigenvalue weighted by Crippen LogP contribution is 2.36. The average Bonchev–Trinajstić information content (AvgIpc) is 3.27. The maximum Gasteiger partial charge on any atom is 0.333 e. The second-order valence-corrected chi connectivity index (χ2v) is 10.5. The lowest BCUT2D eigenvalue weighted by molar-refractivity contribution is 0.101. The van der Waals surface area contributed by atoms with Gasteiger partial charge in [0.15, 0.2) is 0 Å². The number of nitrogens with two attached hydrogens (primary N) is 1. The number of hydrogen-bond acceptors (Lipinski definition) is 10. The molecule has 4 atom stereocenters. The van der Waals surface area contributed by atoms with E-state index in [1.165, 1.54) is 18.6 Å². The van der Waals surface area contributed by atoms with Crippen molar-refractivity contribution >= 4 is 44.8 Å². The molecule has 10 nitrogen and oxygen atoms in total. The van der Waals surface area contributed by atoms with Crippen molar-refractivity contribution < 1.29 is 27.6 Å². The number of aliphatic hydroxyl groups is 2. The number of halogens is 1. The second kappa shape index (κ2) is 9.91. The Labute approximate surface area is 194 Å². The van der Waals surface area contributed by atoms with Gasteiger partial charge in [0, 0.05) is 23.7 Å². The number of aromatic nitrogens is 2. The number of rotatable bonds is 9. The molecule has 13 heteroatoms. The summed E-state index contributed by atoms with van der Waals surface area (Å²) < 4.78 is 26.9. The highest BCUT2D eigenvalue weighted by atomic mass is 35.5. The van der Waals surface area contributed by atoms with E-state index in [4.69, 9.17) is 16.7 Å². The van der Waals surface area contributed by atoms with Crippen molar-refractivity contribution in [2.75, 3.05) is 11.9 Å². The van der Waals surface area contributed by atoms with Crippen molar-refractivity contribution in [2.45, 2.75) is 38.0 Å². The zero-order valence-corrected chi connectivity index (χ0v) is 19.5. The number of nitrogens with one attached hydrogen (secondary N) is 1. The van der Waals surface area contributed by atoms with E-state index < -0.39 is 28.4 Å². The van der Waals surface area contributed by atoms with E-state index in [0.717, 1.165) is 11.3 Å². The van der Waals surface area contributed by atoms with Crippen molar-refractivity contribution in [1.82, 2.24) is 9.97 Å². The van der Waals surface area contributed by atoms with Crippen LogP contribution in [-0.4, -0.2) is 53.1 Å². The number of nitrogens with zero attached hydrogens (tertiary/aromatic N) is 2. The van der Waals surface area contributed by atoms with Gasteiger partial charge in [0.1, 0.15) is 18.2 Å². The number of thiophene rings is 1. The first-order valence-corrected chi connectivity index (χ1v) is 12.2. The van der Waals surface area contributed by atoms with E-state index in [1.807, 2.05) is 0 Å². The van der Waals surface area contributed by atoms with E-state index >= 15 is 0 Å². The second-order valence-electron chi connectivity index (χ2n) is 7.62. The quantitative estimate of drug-likeness (QED) is 0.295. The molecule has 3 rings (SSSR count). The van der Waals surface area contributed by atoms with Crippen molar-refractivity contribution in [3.8, 4) is 0 Å². The summed E-state index contributed by atoms with van der Waals surface area (Å²) in [4.78, 5) is 21.5. The number of carbonyl (C=O) groups is 1. The van der Waals surface area contributed by atoms with Crippen LogP contribution in [0.15, 0.2) is 30.7 Å². The average molecular weight is 503 g/mol. The molecule has 0 amide bonds. The molecule has 2 aromatic heterocycles. The third-order valence-corrected chi connectivity index (χ3v) is 6.95. The van der Waals surface area contributed by atoms with Gasteiger partial charge in [0.05, 0.1) is 27.5 Å². The minimum Gasteiger partial charge on any atom is -0.393 e. The summed E-state index contributed by atoms with van der Waals surface area (Å²) in [5.41, 5.74) is 1.09. The Hall–Kier alpha value is -1.93. The highest BCUT2D eigenvalue weighted by molar-refractivity contribution is 7.84. The van der Waals surface area contributed by atoms with E-state index in [-0.39, 0.29) is 34.1 Å². The van der Waals surface area contributed by atoms with Gasteiger partial charge in [0.2, 0.25) is 5.78 Å². The Bertz CT molecular complexity index is 1120. The smallest absolute Gasteiger partial charge is 0.333 e. The SMILES string of the molecule is C=C(C)[C@H](O)c1cc(C(=O)c2cncnc2N[C@@H]2C[C@H](COS(N)(=O)=O)[C@@H](O)C2)sc1Cl. The molecule has 0 unspecified atom stereocenters. The minimum atomic E-state index is -4.10. The van der Waals surface area contributed by atoms with Gasteiger partial charge in [-0.05, 0) is 31.4 Å². The third kappa shape index (κ3) is 5.90. The van der Waals surface area contributed by atoms with Crippen LogP contribution in [0, 0.1) is 5.92 Å². The van der Waals surface area contributed by atoms with Gasteiger partial charge >= 0.3 is 10.3 Å². The maximum atomic E-state index is 13.1. The van der Waals surface area contributed by atoms with Crippen LogP contribution in [0.3, 0.4) is 0 Å². The van der Waals surface area contributed by atoms with Gasteiger partial charge in [-0.2, -0.15) is 8.42 Å². The molecule has 0 aliphatic heterocycles. The lowest BCUT2D eigenvalue weighted by Crippen LogP contribution is -2.24. The topological polar surface area (TPSA) is 165 Å². The van der Waals surface area contributed by atoms with Gasteiger partial charge in [-0.3, -0.25) is 8.98 Å². The van der Waals surface area contributed by atoms with Gasteiger partial charge < -0.3 is 15.5 Å². The molecular weight excluding hydrogens is 480 g/mol. The summed E-state index contributed by atoms with van der Waals surface area (Å²) in [6.07, 6.45) is 1.54. The lowest BCUT2D eigenvalue weighted by atomic mass is 10.1. The molecule has 32 heavy (non-hydrogen) atoms. The normalized spacial score (nSPS) is 22.0. The monoisotopic (exact) mass is 502 g/mol. The Morgan fingerprint density at radius 2 is 2.22 bits per heavy atom. The molecule has 0 saturated heterocycles. The minimum absolute atomic E-state index is 0.195. The van der Waals surface area contributed by atoms with E-state index in [0.29, 0.717) is 28.9 Å². The molecule has 1 saturated carbocycles. The molecule has 2 heterocycles. The summed E-state index contributed by atoms with van der Waals surface area (Å²) in [6, 6.07) is 1.24. The lowest BCUT2D eigenvalue weighted by Gasteiger charge is -2.15. The summed E-state index contributed by atoms with van der Waals surface area (Å²) in [5.74, 6) is -0.566. The van der Waals surface area contributed by atoms with E-state index in [9.17, 15) is 23.4 Å². The van der Waals surface area contributed by atoms with Gasteiger partial charge in [-0.1, -0.05) is 18.2 Å². The molecule has 1 aliphatic rings. The van der Waals surface area contributed by atoms with Crippen molar-refractivity contribution in [3.05, 3.63) is 51.1 Å². The number of ketones is 1. The number of aliphatic hydroxyl groups excluding tert-OH is 2. The molecule has 0 radical (unpaired) electrons. The fourth-order valence-corrected chi connectivity index (χ4v) is 5.11. The van der Waals surface area contributed by atoms with Crippen LogP contribution in [0.2, 0.25) is 4.34 Å². The fourth-order valence-electron chi connectivity index (χ4n) is 3.47. The predicted octanol–water partition coefficient (Wildman–Crippen LogP) is 1.80. The molecule has 0 bridgehead atoms. The summed E-state index contributed by atoms with van der Waals surface area (Å²) in [7, 11) is -4.10. The van der Waals surface area contributed by atoms with Crippen molar-refractivity contribution in [2.24, 2.45) is 11.1 Å². The van der Waals surface area contributed by atoms with Gasteiger partial charge in [0.25, 0.3) is 0 Å². The zero-order valence-electron chi connectivity index (χ0n) is 17.1. The molecule has 1 aliphatic carbocycles. The highest BCUT2D eigenvalue weighted by Gasteiger charge is 2.35. The summed E-state index contributed by atoms with van der Waals surface area (Å²) in [5, 5.41) is 28.4. The molecule has 2 aromatic rings. The number of carbonyl (C=O) groups excluding carboxylic acids is 1. The zero-order chi connectivity index (χ0) is 23.6. The number of hydrogen-bond donors (Lipinski definition) is 4. The van der Waals surface area contributed by atoms with Crippen molar-refractivity contribution in [1.29, 1.82) is 0 Å². The molecule has 1 fully saturated rings. The van der Waals surface area contributed by atoms with Crippen LogP contribution < -0.4 is 10.5 Å². The Morgan fingerprint density at radius 3 is 2.88 bits per heavy atom. The van der Waals surface area contributed by atoms with E-state index in [1.54, 1.807) is 6.92 Å². The first-order valence-electron chi connectivity index (χ1n) is 9.55. The summed E-state index contributed by atoms with van der Waals surface area (Å²) in [6.45, 7) is 5.12. The molecule has 0 spiro atoms. The standard InChI is InChI=1S/C19H23ClN4O6S2/c1-9(2)16(26)12-5-15(31-18(12)20)17(27)13-6-22-8-23-19(13)24-11-3-10(14(25)4-11)7-30-32(21,28)29/h5-6,8,10-11,14,16,25-26H,1,3-4,7H2,2H3,(H2,21,28,29)(H,22,23,24)/t10-,11-,14+,16+/m1/s1. The first-order chi connectivity index (χ1) is 15.0. The van der Waals surface area contributed by atoms with E-state index in [2.05, 4.69) is 26.0 Å². The molecular formula is C19H23ClN4O6S2. The number of anilines is 1. The van der Waals surface area contributed by atoms with Crippen LogP contribution in [0.1, 0.15) is 46.7 Å². The van der Waals surface area contributed by atoms with Crippen LogP contribution >= 0.6 is 22.9 Å². The third-order valence-electron chi connectivity index (χ3n) is 5.10. The van der Waals surface area contributed by atoms with Crippen molar-refractivity contribution in [3.63, 3.8) is 0 Å². The van der Waals surface area contributed by atoms with Crippen LogP contribution in [0.4, 0.5) is 5.82 Å². The Balaban J connectivity index is 1.76. The molecule has 174 valence electrons. The molecule has 0 aromatic carbocycles. The maximum absolute atomic E-state index is 13.1. The van der Waals surface area contributed by atoms with Gasteiger partial charge in [-0.25, -0.2) is 15.1 Å². The van der Waals surface area contributed by atoms with Crippen LogP contribution in [0.25, 0.3) is 0 Å². The predicted molar refractivity (Wildman–Crippen MR) is 120 cm³/mol. The fraction of sp³-hybridized carbons (Fsp3) is 0.421. The molecule has 5 N–H and O–H groups in total.